The lowest BCUT2D eigenvalue weighted by Gasteiger charge is -2.47. The van der Waals surface area contributed by atoms with Gasteiger partial charge < -0.3 is 18.9 Å². The van der Waals surface area contributed by atoms with Crippen LogP contribution in [0, 0.1) is 0 Å². The van der Waals surface area contributed by atoms with Crippen molar-refractivity contribution in [2.45, 2.75) is 131 Å². The Bertz CT molecular complexity index is 6410. The summed E-state index contributed by atoms with van der Waals surface area (Å²) in [7, 11) is 0. The number of anilines is 6. The molecule has 19 rings (SSSR count). The Morgan fingerprint density at radius 3 is 0.861 bits per heavy atom. The summed E-state index contributed by atoms with van der Waals surface area (Å²) >= 11 is 0. The molecule has 0 N–H and O–H groups in total. The normalized spacial score (nSPS) is 13.1. The molecule has 7 heteroatoms. The summed E-state index contributed by atoms with van der Waals surface area (Å²) in [5, 5.41) is 4.82. The van der Waals surface area contributed by atoms with Crippen molar-refractivity contribution in [2.75, 3.05) is 9.80 Å². The maximum absolute atomic E-state index is 4.62. The number of fused-ring (bicyclic) bond motifs is 10. The van der Waals surface area contributed by atoms with Crippen LogP contribution in [0.15, 0.2) is 316 Å². The van der Waals surface area contributed by atoms with Crippen molar-refractivity contribution < 1.29 is 0 Å². The number of rotatable bonds is 10. The van der Waals surface area contributed by atoms with Crippen LogP contribution in [-0.4, -0.2) is 25.8 Å². The summed E-state index contributed by atoms with van der Waals surface area (Å²) < 4.78 is 5.09. The van der Waals surface area contributed by atoms with Crippen LogP contribution in [0.5, 0.6) is 0 Å². The van der Waals surface area contributed by atoms with Gasteiger partial charge in [-0.2, -0.15) is 0 Å². The van der Waals surface area contributed by atoms with Crippen LogP contribution < -0.4 is 26.2 Å². The van der Waals surface area contributed by atoms with Crippen molar-refractivity contribution >= 4 is 101 Å². The second-order valence-electron chi connectivity index (χ2n) is 37.2. The maximum atomic E-state index is 4.62. The van der Waals surface area contributed by atoms with E-state index in [4.69, 9.17) is 0 Å². The van der Waals surface area contributed by atoms with Gasteiger partial charge >= 0.3 is 0 Å². The SMILES string of the molecule is CC(C)(C)c1cc(-c2ccccc2)c(N2c3cc(-n4c5ccc(-c6cccnc6)cc5c5cc(-c6cccnc6)ccc54)ccc3B3c4ccc(-n5c6ccc(C(C)(C)C)cc6c6cc(C(C)(C)C)ccc65)cc4N(c4c(-c5ccccc5)cc(C(C)(C)C)cc4-c4ccccc4)c4cc(C(C)(C)C)cc2c43)c(-c2ccccc2)c1. The fourth-order valence-electron chi connectivity index (χ4n) is 18.1. The van der Waals surface area contributed by atoms with E-state index in [0.29, 0.717) is 0 Å². The summed E-state index contributed by atoms with van der Waals surface area (Å²) in [6.07, 6.45) is 7.65. The third kappa shape index (κ3) is 12.5. The van der Waals surface area contributed by atoms with Crippen molar-refractivity contribution in [1.82, 2.24) is 19.1 Å². The molecule has 2 aliphatic heterocycles. The number of hydrogen-bond acceptors (Lipinski definition) is 4. The zero-order chi connectivity index (χ0) is 79.4. The minimum atomic E-state index is -0.364. The predicted octanol–water partition coefficient (Wildman–Crippen LogP) is 27.2. The van der Waals surface area contributed by atoms with Crippen LogP contribution in [0.1, 0.15) is 132 Å². The third-order valence-corrected chi connectivity index (χ3v) is 24.4. The van der Waals surface area contributed by atoms with Crippen molar-refractivity contribution in [1.29, 1.82) is 0 Å². The van der Waals surface area contributed by atoms with Crippen LogP contribution in [0.4, 0.5) is 34.1 Å². The lowest BCUT2D eigenvalue weighted by atomic mass is 9.33. The van der Waals surface area contributed by atoms with Crippen LogP contribution in [0.2, 0.25) is 0 Å². The number of benzene rings is 13. The minimum absolute atomic E-state index is 0.0717. The van der Waals surface area contributed by atoms with E-state index in [1.165, 1.54) is 66.0 Å². The molecule has 2 aliphatic rings. The van der Waals surface area contributed by atoms with E-state index in [1.807, 2.05) is 36.9 Å². The fourth-order valence-corrected chi connectivity index (χ4v) is 18.1. The molecule has 17 aromatic rings. The van der Waals surface area contributed by atoms with E-state index < -0.39 is 0 Å². The smallest absolute Gasteiger partial charge is 0.252 e. The molecule has 0 atom stereocenters. The molecule has 0 saturated heterocycles. The average molecular weight is 1490 g/mol. The average Bonchev–Trinajstić information content (AvgIpc) is 0.963. The lowest BCUT2D eigenvalue weighted by molar-refractivity contribution is 0.590. The van der Waals surface area contributed by atoms with Gasteiger partial charge in [-0.05, 0) is 226 Å². The van der Waals surface area contributed by atoms with Crippen LogP contribution >= 0.6 is 0 Å². The first-order valence-electron chi connectivity index (χ1n) is 40.9. The third-order valence-electron chi connectivity index (χ3n) is 24.4. The monoisotopic (exact) mass is 1490 g/mol. The lowest BCUT2D eigenvalue weighted by Crippen LogP contribution is -2.61. The van der Waals surface area contributed by atoms with E-state index in [1.54, 1.807) is 0 Å². The Hall–Kier alpha value is -12.6. The van der Waals surface area contributed by atoms with E-state index in [0.717, 1.165) is 134 Å². The van der Waals surface area contributed by atoms with Gasteiger partial charge in [-0.25, -0.2) is 0 Å². The van der Waals surface area contributed by atoms with Gasteiger partial charge in [0, 0.05) is 114 Å². The molecular weight excluding hydrogens is 1390 g/mol. The first-order valence-corrected chi connectivity index (χ1v) is 40.9. The standard InChI is InChI=1S/C108H97BN6/c1-104(2,3)76-42-50-95-89(56-76)90-57-77(105(4,5)6)43-51-96(90)113(95)82-45-47-92-98(65-82)115(103-85(70-34-24-18-25-35-70)60-79(107(10,11)12)61-86(103)71-36-26-19-27-37-71)100-63-80(108(13,14)15)62-99-101(100)109(92)91-46-44-81(64-97(91)114(99)102-83(68-30-20-16-21-31-68)58-78(106(7,8)9)59-84(102)69-32-22-17-23-33-69)112-93-48-40-72(74-38-28-52-110-66-74)54-87(93)88-55-73(41-49-94(88)112)75-39-29-53-111-67-75/h16-67H,1-15H3. The van der Waals surface area contributed by atoms with Gasteiger partial charge in [-0.15, -0.1) is 0 Å². The molecule has 0 spiro atoms. The largest absolute Gasteiger partial charge is 0.310 e. The molecule has 6 heterocycles. The van der Waals surface area contributed by atoms with E-state index in [2.05, 4.69) is 412 Å². The topological polar surface area (TPSA) is 42.1 Å². The molecule has 4 aromatic heterocycles. The van der Waals surface area contributed by atoms with Gasteiger partial charge in [0.25, 0.3) is 6.71 Å². The first kappa shape index (κ1) is 72.7. The van der Waals surface area contributed by atoms with Gasteiger partial charge in [0.05, 0.1) is 33.4 Å². The van der Waals surface area contributed by atoms with E-state index in [9.17, 15) is 0 Å². The second-order valence-corrected chi connectivity index (χ2v) is 37.2. The Labute approximate surface area is 678 Å². The Morgan fingerprint density at radius 2 is 0.548 bits per heavy atom. The Balaban J connectivity index is 0.987. The van der Waals surface area contributed by atoms with Gasteiger partial charge in [0.15, 0.2) is 0 Å². The van der Waals surface area contributed by atoms with Crippen LogP contribution in [-0.2, 0) is 27.1 Å². The highest BCUT2D eigenvalue weighted by atomic mass is 15.2. The molecule has 0 fully saturated rings. The molecule has 6 nitrogen and oxygen atoms in total. The summed E-state index contributed by atoms with van der Waals surface area (Å²) in [6.45, 7) is 35.1. The minimum Gasteiger partial charge on any atom is -0.310 e. The predicted molar refractivity (Wildman–Crippen MR) is 491 cm³/mol. The number of hydrogen-bond donors (Lipinski definition) is 0. The van der Waals surface area contributed by atoms with Crippen molar-refractivity contribution in [3.8, 4) is 78.1 Å². The second kappa shape index (κ2) is 27.1. The summed E-state index contributed by atoms with van der Waals surface area (Å²) in [4.78, 5) is 14.7. The molecule has 0 aliphatic carbocycles. The van der Waals surface area contributed by atoms with Crippen LogP contribution in [0.25, 0.3) is 122 Å². The molecule has 0 bridgehead atoms. The van der Waals surface area contributed by atoms with Crippen molar-refractivity contribution in [3.63, 3.8) is 0 Å². The Kier molecular flexibility index (Phi) is 17.1. The fraction of sp³-hybridized carbons (Fsp3) is 0.185. The molecule has 562 valence electrons. The van der Waals surface area contributed by atoms with Crippen molar-refractivity contribution in [3.05, 3.63) is 344 Å². The molecule has 0 saturated carbocycles. The highest BCUT2D eigenvalue weighted by Gasteiger charge is 2.47. The summed E-state index contributed by atoms with van der Waals surface area (Å²) in [5.41, 5.74) is 36.2. The number of pyridine rings is 2. The van der Waals surface area contributed by atoms with Gasteiger partial charge in [0.2, 0.25) is 0 Å². The van der Waals surface area contributed by atoms with E-state index >= 15 is 0 Å². The molecule has 0 amide bonds. The highest BCUT2D eigenvalue weighted by molar-refractivity contribution is 7.00. The van der Waals surface area contributed by atoms with Crippen LogP contribution in [0.3, 0.4) is 0 Å². The highest BCUT2D eigenvalue weighted by Crippen LogP contribution is 2.56. The zero-order valence-electron chi connectivity index (χ0n) is 68.8. The molecule has 0 radical (unpaired) electrons. The maximum Gasteiger partial charge on any atom is 0.252 e. The van der Waals surface area contributed by atoms with Gasteiger partial charge in [-0.1, -0.05) is 274 Å². The first-order chi connectivity index (χ1) is 55.2. The van der Waals surface area contributed by atoms with E-state index in [-0.39, 0.29) is 33.8 Å². The molecule has 13 aromatic carbocycles. The summed E-state index contributed by atoms with van der Waals surface area (Å²) in [6, 6.07) is 112. The molecule has 115 heavy (non-hydrogen) atoms. The Morgan fingerprint density at radius 1 is 0.243 bits per heavy atom. The summed E-state index contributed by atoms with van der Waals surface area (Å²) in [5.74, 6) is 0. The molecular formula is C108H97BN6. The quantitative estimate of drug-likeness (QED) is 0.128. The van der Waals surface area contributed by atoms with Gasteiger partial charge in [0.1, 0.15) is 0 Å². The molecule has 0 unspecified atom stereocenters. The number of aromatic nitrogens is 4. The van der Waals surface area contributed by atoms with Gasteiger partial charge in [-0.3, -0.25) is 9.97 Å². The van der Waals surface area contributed by atoms with Crippen molar-refractivity contribution in [2.24, 2.45) is 0 Å². The number of nitrogens with zero attached hydrogens (tertiary/aromatic N) is 6. The zero-order valence-corrected chi connectivity index (χ0v) is 68.8.